The minimum absolute atomic E-state index is 0.121. The molecule has 0 aromatic carbocycles. The molecule has 0 bridgehead atoms. The number of unbranched alkanes of at least 4 members (excludes halogenated alkanes) is 15. The van der Waals surface area contributed by atoms with Gasteiger partial charge in [0.25, 0.3) is 0 Å². The predicted molar refractivity (Wildman–Crippen MR) is 159 cm³/mol. The molecule has 0 radical (unpaired) electrons. The summed E-state index contributed by atoms with van der Waals surface area (Å²) in [6.07, 6.45) is 28.5. The smallest absolute Gasteiger partial charge is 0.305 e. The number of aliphatic hydroxyl groups excluding tert-OH is 1. The first-order valence-corrected chi connectivity index (χ1v) is 16.4. The second kappa shape index (κ2) is 25.6. The van der Waals surface area contributed by atoms with Crippen LogP contribution in [0.1, 0.15) is 155 Å². The molecule has 1 aliphatic heterocycles. The third-order valence-electron chi connectivity index (χ3n) is 7.42. The van der Waals surface area contributed by atoms with Crippen molar-refractivity contribution in [1.82, 2.24) is 0 Å². The van der Waals surface area contributed by atoms with Gasteiger partial charge < -0.3 is 19.3 Å². The zero-order valence-corrected chi connectivity index (χ0v) is 25.3. The summed E-state index contributed by atoms with van der Waals surface area (Å²) in [5.74, 6) is -0.589. The van der Waals surface area contributed by atoms with E-state index in [0.717, 1.165) is 57.8 Å². The summed E-state index contributed by atoms with van der Waals surface area (Å²) in [7, 11) is 0. The highest BCUT2D eigenvalue weighted by atomic mass is 16.6. The Morgan fingerprint density at radius 1 is 0.667 bits per heavy atom. The first kappa shape index (κ1) is 35.6. The van der Waals surface area contributed by atoms with Gasteiger partial charge in [0.1, 0.15) is 19.3 Å². The summed E-state index contributed by atoms with van der Waals surface area (Å²) in [5, 5.41) is 9.94. The van der Waals surface area contributed by atoms with E-state index in [1.807, 2.05) is 0 Å². The average molecular weight is 553 g/mol. The van der Waals surface area contributed by atoms with E-state index in [-0.39, 0.29) is 25.2 Å². The maximum Gasteiger partial charge on any atom is 0.305 e. The summed E-state index contributed by atoms with van der Waals surface area (Å²) in [6, 6.07) is 0. The first-order valence-electron chi connectivity index (χ1n) is 16.4. The molecule has 0 aliphatic carbocycles. The molecule has 0 aromatic heterocycles. The monoisotopic (exact) mass is 552 g/mol. The molecular formula is C33H60O6. The Labute approximate surface area is 239 Å². The molecule has 6 heteroatoms. The summed E-state index contributed by atoms with van der Waals surface area (Å²) in [6.45, 7) is 4.21. The lowest BCUT2D eigenvalue weighted by atomic mass is 10.1. The molecule has 2 unspecified atom stereocenters. The Bertz CT molecular complexity index is 619. The van der Waals surface area contributed by atoms with Crippen LogP contribution < -0.4 is 0 Å². The summed E-state index contributed by atoms with van der Waals surface area (Å²) < 4.78 is 16.0. The fourth-order valence-corrected chi connectivity index (χ4v) is 4.80. The fourth-order valence-electron chi connectivity index (χ4n) is 4.80. The van der Waals surface area contributed by atoms with Crippen LogP contribution in [0.5, 0.6) is 0 Å². The van der Waals surface area contributed by atoms with Crippen LogP contribution in [0.25, 0.3) is 0 Å². The lowest BCUT2D eigenvalue weighted by Gasteiger charge is -2.12. The molecule has 0 aromatic rings. The van der Waals surface area contributed by atoms with Crippen molar-refractivity contribution in [1.29, 1.82) is 0 Å². The molecule has 0 spiro atoms. The van der Waals surface area contributed by atoms with E-state index >= 15 is 0 Å². The first-order chi connectivity index (χ1) is 19.1. The molecular weight excluding hydrogens is 492 g/mol. The molecule has 1 N–H and O–H groups in total. The average Bonchev–Trinajstić information content (AvgIpc) is 3.69. The maximum absolute atomic E-state index is 11.9. The second-order valence-corrected chi connectivity index (χ2v) is 11.3. The van der Waals surface area contributed by atoms with Crippen molar-refractivity contribution >= 4 is 11.9 Å². The van der Waals surface area contributed by atoms with Gasteiger partial charge in [-0.05, 0) is 38.5 Å². The number of hydrogen-bond acceptors (Lipinski definition) is 6. The minimum atomic E-state index is -0.967. The molecule has 0 saturated carbocycles. The number of allylic oxidation sites excluding steroid dienone is 1. The lowest BCUT2D eigenvalue weighted by Crippen LogP contribution is -2.25. The van der Waals surface area contributed by atoms with Gasteiger partial charge in [0.05, 0.1) is 12.2 Å². The van der Waals surface area contributed by atoms with Crippen LogP contribution in [-0.4, -0.2) is 48.6 Å². The number of aliphatic hydroxyl groups is 1. The van der Waals surface area contributed by atoms with Crippen LogP contribution in [0.4, 0.5) is 0 Å². The van der Waals surface area contributed by atoms with Crippen molar-refractivity contribution < 1.29 is 28.9 Å². The maximum atomic E-state index is 11.9. The molecule has 228 valence electrons. The van der Waals surface area contributed by atoms with E-state index in [4.69, 9.17) is 14.2 Å². The van der Waals surface area contributed by atoms with Crippen molar-refractivity contribution in [3.63, 3.8) is 0 Å². The van der Waals surface area contributed by atoms with E-state index < -0.39 is 6.10 Å². The SMILES string of the molecule is CCCCC/C=C\CC1OC1CCCCCCCC(=O)OC[C@@H](O)COC(=O)CCCCCCCCCCC. The Hall–Kier alpha value is -1.40. The third kappa shape index (κ3) is 23.0. The largest absolute Gasteiger partial charge is 0.463 e. The van der Waals surface area contributed by atoms with Gasteiger partial charge in [-0.25, -0.2) is 0 Å². The van der Waals surface area contributed by atoms with Crippen molar-refractivity contribution in [2.75, 3.05) is 13.2 Å². The number of carbonyl (C=O) groups is 2. The number of esters is 2. The molecule has 1 fully saturated rings. The van der Waals surface area contributed by atoms with Crippen LogP contribution in [-0.2, 0) is 23.8 Å². The Morgan fingerprint density at radius 3 is 1.72 bits per heavy atom. The quantitative estimate of drug-likeness (QED) is 0.0454. The third-order valence-corrected chi connectivity index (χ3v) is 7.42. The number of hydrogen-bond donors (Lipinski definition) is 1. The van der Waals surface area contributed by atoms with Gasteiger partial charge in [0, 0.05) is 12.8 Å². The minimum Gasteiger partial charge on any atom is -0.463 e. The topological polar surface area (TPSA) is 85.4 Å². The van der Waals surface area contributed by atoms with Crippen molar-refractivity contribution in [2.45, 2.75) is 173 Å². The predicted octanol–water partition coefficient (Wildman–Crippen LogP) is 8.38. The normalized spacial score (nSPS) is 17.4. The van der Waals surface area contributed by atoms with E-state index in [9.17, 15) is 14.7 Å². The highest BCUT2D eigenvalue weighted by Gasteiger charge is 2.36. The van der Waals surface area contributed by atoms with Crippen LogP contribution in [0.15, 0.2) is 12.2 Å². The van der Waals surface area contributed by atoms with Crippen LogP contribution in [0.2, 0.25) is 0 Å². The molecule has 39 heavy (non-hydrogen) atoms. The van der Waals surface area contributed by atoms with Gasteiger partial charge in [0.2, 0.25) is 0 Å². The summed E-state index contributed by atoms with van der Waals surface area (Å²) in [4.78, 5) is 23.7. The second-order valence-electron chi connectivity index (χ2n) is 11.3. The molecule has 1 rings (SSSR count). The molecule has 3 atom stereocenters. The van der Waals surface area contributed by atoms with Gasteiger partial charge in [-0.2, -0.15) is 0 Å². The Kier molecular flexibility index (Phi) is 23.3. The van der Waals surface area contributed by atoms with Gasteiger partial charge in [0.15, 0.2) is 0 Å². The van der Waals surface area contributed by atoms with E-state index in [0.29, 0.717) is 25.0 Å². The van der Waals surface area contributed by atoms with Gasteiger partial charge in [-0.3, -0.25) is 9.59 Å². The van der Waals surface area contributed by atoms with E-state index in [2.05, 4.69) is 26.0 Å². The zero-order chi connectivity index (χ0) is 28.4. The van der Waals surface area contributed by atoms with Crippen molar-refractivity contribution in [2.24, 2.45) is 0 Å². The van der Waals surface area contributed by atoms with Crippen molar-refractivity contribution in [3.8, 4) is 0 Å². The van der Waals surface area contributed by atoms with Crippen molar-refractivity contribution in [3.05, 3.63) is 12.2 Å². The highest BCUT2D eigenvalue weighted by molar-refractivity contribution is 5.69. The Balaban J connectivity index is 1.85. The van der Waals surface area contributed by atoms with Gasteiger partial charge >= 0.3 is 11.9 Å². The van der Waals surface area contributed by atoms with Gasteiger partial charge in [-0.15, -0.1) is 0 Å². The van der Waals surface area contributed by atoms with E-state index in [1.54, 1.807) is 0 Å². The summed E-state index contributed by atoms with van der Waals surface area (Å²) >= 11 is 0. The standard InChI is InChI=1S/C33H60O6/c1-3-5-7-9-11-12-13-17-21-25-32(35)37-27-29(34)28-38-33(36)26-22-18-14-16-20-24-31-30(39-31)23-19-15-10-8-6-4-2/h15,19,29-31,34H,3-14,16-18,20-28H2,1-2H3/b19-15-/t29-,30?,31?/m0/s1. The van der Waals surface area contributed by atoms with Gasteiger partial charge in [-0.1, -0.05) is 116 Å². The molecule has 1 saturated heterocycles. The molecule has 1 heterocycles. The number of rotatable bonds is 28. The molecule has 6 nitrogen and oxygen atoms in total. The number of carbonyl (C=O) groups excluding carboxylic acids is 2. The van der Waals surface area contributed by atoms with Crippen LogP contribution in [0.3, 0.4) is 0 Å². The molecule has 0 amide bonds. The highest BCUT2D eigenvalue weighted by Crippen LogP contribution is 2.30. The molecule has 1 aliphatic rings. The van der Waals surface area contributed by atoms with Crippen LogP contribution >= 0.6 is 0 Å². The lowest BCUT2D eigenvalue weighted by molar-refractivity contribution is -0.152. The number of epoxide rings is 1. The number of ether oxygens (including phenoxy) is 3. The Morgan fingerprint density at radius 2 is 1.15 bits per heavy atom. The fraction of sp³-hybridized carbons (Fsp3) is 0.879. The summed E-state index contributed by atoms with van der Waals surface area (Å²) in [5.41, 5.74) is 0. The van der Waals surface area contributed by atoms with Crippen LogP contribution in [0, 0.1) is 0 Å². The van der Waals surface area contributed by atoms with E-state index in [1.165, 1.54) is 70.6 Å². The zero-order valence-electron chi connectivity index (χ0n) is 25.3.